The van der Waals surface area contributed by atoms with Crippen LogP contribution in [0.2, 0.25) is 0 Å². The van der Waals surface area contributed by atoms with Gasteiger partial charge in [-0.3, -0.25) is 4.90 Å². The minimum Gasteiger partial charge on any atom is -0.495 e. The van der Waals surface area contributed by atoms with Crippen LogP contribution in [0.1, 0.15) is 43.6 Å². The predicted octanol–water partition coefficient (Wildman–Crippen LogP) is 2.87. The molecular formula is C21H29N3O4. The molecule has 7 nitrogen and oxygen atoms in total. The van der Waals surface area contributed by atoms with Crippen LogP contribution in [0.4, 0.5) is 4.79 Å². The summed E-state index contributed by atoms with van der Waals surface area (Å²) in [7, 11) is 1.58. The van der Waals surface area contributed by atoms with E-state index in [9.17, 15) is 10.1 Å². The lowest BCUT2D eigenvalue weighted by Crippen LogP contribution is -2.60. The molecule has 0 saturated carbocycles. The highest BCUT2D eigenvalue weighted by Gasteiger charge is 2.37. The van der Waals surface area contributed by atoms with E-state index in [1.54, 1.807) is 12.0 Å². The summed E-state index contributed by atoms with van der Waals surface area (Å²) in [5, 5.41) is 9.31. The number of morpholine rings is 1. The fourth-order valence-corrected chi connectivity index (χ4v) is 3.75. The van der Waals surface area contributed by atoms with E-state index in [0.717, 1.165) is 24.2 Å². The molecule has 2 saturated heterocycles. The molecule has 1 aromatic rings. The Kier molecular flexibility index (Phi) is 5.82. The van der Waals surface area contributed by atoms with Crippen molar-refractivity contribution < 1.29 is 19.0 Å². The van der Waals surface area contributed by atoms with Crippen LogP contribution in [0.15, 0.2) is 12.1 Å². The first-order valence-corrected chi connectivity index (χ1v) is 9.64. The van der Waals surface area contributed by atoms with Crippen LogP contribution in [0.3, 0.4) is 0 Å². The van der Waals surface area contributed by atoms with E-state index in [-0.39, 0.29) is 18.2 Å². The van der Waals surface area contributed by atoms with Gasteiger partial charge in [0.2, 0.25) is 0 Å². The summed E-state index contributed by atoms with van der Waals surface area (Å²) in [4.78, 5) is 16.5. The molecule has 0 N–H and O–H groups in total. The highest BCUT2D eigenvalue weighted by Crippen LogP contribution is 2.32. The van der Waals surface area contributed by atoms with Crippen LogP contribution in [0.5, 0.6) is 5.75 Å². The van der Waals surface area contributed by atoms with Gasteiger partial charge in [-0.25, -0.2) is 4.79 Å². The number of hydrogen-bond donors (Lipinski definition) is 0. The Morgan fingerprint density at radius 2 is 2.04 bits per heavy atom. The highest BCUT2D eigenvalue weighted by atomic mass is 16.6. The summed E-state index contributed by atoms with van der Waals surface area (Å²) < 4.78 is 17.0. The molecule has 2 unspecified atom stereocenters. The molecule has 0 aliphatic carbocycles. The number of nitrogens with zero attached hydrogens (tertiary/aromatic N) is 3. The monoisotopic (exact) mass is 387 g/mol. The minimum absolute atomic E-state index is 0.0790. The Bertz CT molecular complexity index is 781. The van der Waals surface area contributed by atoms with Gasteiger partial charge in [-0.15, -0.1) is 0 Å². The van der Waals surface area contributed by atoms with Crippen LogP contribution in [0, 0.1) is 18.3 Å². The Morgan fingerprint density at radius 1 is 1.29 bits per heavy atom. The van der Waals surface area contributed by atoms with Crippen molar-refractivity contribution in [2.75, 3.05) is 39.9 Å². The molecule has 7 heteroatoms. The van der Waals surface area contributed by atoms with Gasteiger partial charge in [0, 0.05) is 26.2 Å². The molecule has 1 aromatic carbocycles. The third-order valence-corrected chi connectivity index (χ3v) is 5.17. The first-order chi connectivity index (χ1) is 13.2. The molecule has 2 fully saturated rings. The highest BCUT2D eigenvalue weighted by molar-refractivity contribution is 5.68. The van der Waals surface area contributed by atoms with E-state index >= 15 is 0 Å². The molecule has 152 valence electrons. The van der Waals surface area contributed by atoms with Crippen molar-refractivity contribution in [2.24, 2.45) is 0 Å². The summed E-state index contributed by atoms with van der Waals surface area (Å²) in [6.45, 7) is 10.9. The third-order valence-electron chi connectivity index (χ3n) is 5.17. The van der Waals surface area contributed by atoms with Gasteiger partial charge in [-0.05, 0) is 44.9 Å². The number of rotatable bonds is 2. The molecule has 2 aliphatic heterocycles. The summed E-state index contributed by atoms with van der Waals surface area (Å²) >= 11 is 0. The first-order valence-electron chi connectivity index (χ1n) is 9.64. The second-order valence-corrected chi connectivity index (χ2v) is 8.42. The number of hydrogen-bond acceptors (Lipinski definition) is 6. The molecule has 1 amide bonds. The maximum Gasteiger partial charge on any atom is 0.410 e. The van der Waals surface area contributed by atoms with Gasteiger partial charge in [0.25, 0.3) is 0 Å². The standard InChI is InChI=1S/C21H29N3O4/c1-14-8-15(9-18(26-5)17(14)10-22)19-12-23-6-7-24(11-16(23)13-27-19)20(25)28-21(2,3)4/h8-9,16,19H,6-7,11-13H2,1-5H3. The van der Waals surface area contributed by atoms with E-state index in [1.165, 1.54) is 0 Å². The first kappa shape index (κ1) is 20.4. The molecule has 0 spiro atoms. The van der Waals surface area contributed by atoms with Crippen molar-refractivity contribution in [3.05, 3.63) is 28.8 Å². The number of carbonyl (C=O) groups excluding carboxylic acids is 1. The molecule has 2 aliphatic rings. The van der Waals surface area contributed by atoms with Crippen molar-refractivity contribution in [3.8, 4) is 11.8 Å². The smallest absolute Gasteiger partial charge is 0.410 e. The lowest BCUT2D eigenvalue weighted by atomic mass is 9.99. The molecule has 2 heterocycles. The average molecular weight is 387 g/mol. The van der Waals surface area contributed by atoms with Gasteiger partial charge in [-0.2, -0.15) is 5.26 Å². The van der Waals surface area contributed by atoms with Crippen molar-refractivity contribution in [1.29, 1.82) is 5.26 Å². The van der Waals surface area contributed by atoms with E-state index in [4.69, 9.17) is 14.2 Å². The SMILES string of the molecule is COc1cc(C2CN3CCN(C(=O)OC(C)(C)C)CC3CO2)cc(C)c1C#N. The van der Waals surface area contributed by atoms with Crippen LogP contribution in [-0.2, 0) is 9.47 Å². The Morgan fingerprint density at radius 3 is 2.68 bits per heavy atom. The van der Waals surface area contributed by atoms with Gasteiger partial charge in [0.1, 0.15) is 17.4 Å². The summed E-state index contributed by atoms with van der Waals surface area (Å²) in [5.41, 5.74) is 1.97. The van der Waals surface area contributed by atoms with Crippen LogP contribution in [0.25, 0.3) is 0 Å². The van der Waals surface area contributed by atoms with Crippen LogP contribution < -0.4 is 4.74 Å². The van der Waals surface area contributed by atoms with Gasteiger partial charge in [0.05, 0.1) is 31.4 Å². The minimum atomic E-state index is -0.491. The van der Waals surface area contributed by atoms with E-state index in [1.807, 2.05) is 39.8 Å². The molecule has 28 heavy (non-hydrogen) atoms. The second kappa shape index (κ2) is 7.98. The van der Waals surface area contributed by atoms with Crippen LogP contribution >= 0.6 is 0 Å². The van der Waals surface area contributed by atoms with Crippen molar-refractivity contribution in [3.63, 3.8) is 0 Å². The number of aryl methyl sites for hydroxylation is 1. The van der Waals surface area contributed by atoms with Gasteiger partial charge in [-0.1, -0.05) is 6.07 Å². The lowest BCUT2D eigenvalue weighted by molar-refractivity contribution is -0.0907. The van der Waals surface area contributed by atoms with Gasteiger partial charge >= 0.3 is 6.09 Å². The number of amides is 1. The lowest BCUT2D eigenvalue weighted by Gasteiger charge is -2.46. The number of benzene rings is 1. The maximum atomic E-state index is 12.3. The van der Waals surface area contributed by atoms with E-state index in [0.29, 0.717) is 31.0 Å². The number of methoxy groups -OCH3 is 1. The summed E-state index contributed by atoms with van der Waals surface area (Å²) in [5.74, 6) is 0.581. The second-order valence-electron chi connectivity index (χ2n) is 8.42. The number of nitriles is 1. The topological polar surface area (TPSA) is 75.0 Å². The summed E-state index contributed by atoms with van der Waals surface area (Å²) in [6, 6.07) is 6.26. The zero-order valence-corrected chi connectivity index (χ0v) is 17.3. The van der Waals surface area contributed by atoms with Crippen LogP contribution in [-0.4, -0.2) is 67.4 Å². The maximum absolute atomic E-state index is 12.3. The number of fused-ring (bicyclic) bond motifs is 1. The normalized spacial score (nSPS) is 22.9. The Balaban J connectivity index is 1.67. The predicted molar refractivity (Wildman–Crippen MR) is 104 cm³/mol. The number of carbonyl (C=O) groups is 1. The largest absolute Gasteiger partial charge is 0.495 e. The zero-order valence-electron chi connectivity index (χ0n) is 17.3. The molecule has 0 aromatic heterocycles. The van der Waals surface area contributed by atoms with Crippen molar-refractivity contribution in [1.82, 2.24) is 9.80 Å². The third kappa shape index (κ3) is 4.40. The molecule has 0 radical (unpaired) electrons. The van der Waals surface area contributed by atoms with Gasteiger partial charge in [0.15, 0.2) is 0 Å². The quantitative estimate of drug-likeness (QED) is 0.777. The van der Waals surface area contributed by atoms with E-state index in [2.05, 4.69) is 11.0 Å². The van der Waals surface area contributed by atoms with E-state index < -0.39 is 5.60 Å². The Labute approximate surface area is 166 Å². The average Bonchev–Trinajstić information content (AvgIpc) is 2.65. The number of piperazine rings is 1. The fraction of sp³-hybridized carbons (Fsp3) is 0.619. The summed E-state index contributed by atoms with van der Waals surface area (Å²) in [6.07, 6.45) is -0.341. The number of ether oxygens (including phenoxy) is 3. The zero-order chi connectivity index (χ0) is 20.5. The van der Waals surface area contributed by atoms with Crippen molar-refractivity contribution >= 4 is 6.09 Å². The van der Waals surface area contributed by atoms with Gasteiger partial charge < -0.3 is 19.1 Å². The fourth-order valence-electron chi connectivity index (χ4n) is 3.75. The molecule has 3 rings (SSSR count). The molecule has 0 bridgehead atoms. The Hall–Kier alpha value is -2.30. The molecular weight excluding hydrogens is 358 g/mol. The molecule has 2 atom stereocenters. The van der Waals surface area contributed by atoms with Crippen molar-refractivity contribution in [2.45, 2.75) is 45.4 Å².